The molecule has 1 saturated carbocycles. The highest BCUT2D eigenvalue weighted by Crippen LogP contribution is 2.35. The Morgan fingerprint density at radius 3 is 2.50 bits per heavy atom. The Balaban J connectivity index is 1.37. The summed E-state index contributed by atoms with van der Waals surface area (Å²) in [7, 11) is 0. The van der Waals surface area contributed by atoms with Gasteiger partial charge in [0.2, 0.25) is 0 Å². The summed E-state index contributed by atoms with van der Waals surface area (Å²) < 4.78 is 5.56. The molecular formula is C24H33NO5. The molecule has 0 aromatic heterocycles. The number of nitrogens with zero attached hydrogens (tertiary/aromatic N) is 1. The van der Waals surface area contributed by atoms with Crippen LogP contribution in [0.15, 0.2) is 35.9 Å². The van der Waals surface area contributed by atoms with Crippen LogP contribution in [0.5, 0.6) is 0 Å². The number of imide groups is 1. The summed E-state index contributed by atoms with van der Waals surface area (Å²) in [5.41, 5.74) is 2.10. The maximum absolute atomic E-state index is 12.1. The van der Waals surface area contributed by atoms with Crippen LogP contribution in [0.2, 0.25) is 0 Å². The van der Waals surface area contributed by atoms with Crippen LogP contribution in [0, 0.1) is 17.8 Å². The van der Waals surface area contributed by atoms with Crippen LogP contribution in [-0.4, -0.2) is 31.3 Å². The molecule has 0 saturated heterocycles. The monoisotopic (exact) mass is 415 g/mol. The number of rotatable bonds is 9. The van der Waals surface area contributed by atoms with Gasteiger partial charge in [-0.25, -0.2) is 14.7 Å². The van der Waals surface area contributed by atoms with E-state index in [1.54, 1.807) is 19.1 Å². The zero-order chi connectivity index (χ0) is 21.7. The molecule has 1 heterocycles. The van der Waals surface area contributed by atoms with Crippen LogP contribution < -0.4 is 4.90 Å². The summed E-state index contributed by atoms with van der Waals surface area (Å²) in [6, 6.07) is 7.38. The molecule has 164 valence electrons. The Hall–Kier alpha value is -2.02. The molecule has 30 heavy (non-hydrogen) atoms. The molecule has 0 spiro atoms. The van der Waals surface area contributed by atoms with Crippen molar-refractivity contribution in [3.05, 3.63) is 41.5 Å². The number of hydrogen-bond acceptors (Lipinski definition) is 5. The van der Waals surface area contributed by atoms with Gasteiger partial charge < -0.3 is 4.74 Å². The minimum Gasteiger partial charge on any atom is -0.352 e. The zero-order valence-electron chi connectivity index (χ0n) is 18.4. The predicted octanol–water partition coefficient (Wildman–Crippen LogP) is 4.43. The van der Waals surface area contributed by atoms with E-state index >= 15 is 0 Å². The normalized spacial score (nSPS) is 24.6. The van der Waals surface area contributed by atoms with Gasteiger partial charge in [-0.2, -0.15) is 0 Å². The molecule has 0 N–H and O–H groups in total. The SMILES string of the molecule is CC1=CC(=O)N(c2ccc(CCOCOOC3CC(C)CCC3C(C)C)cc2)C1=O. The first-order valence-corrected chi connectivity index (χ1v) is 10.9. The van der Waals surface area contributed by atoms with Crippen molar-refractivity contribution in [2.24, 2.45) is 17.8 Å². The summed E-state index contributed by atoms with van der Waals surface area (Å²) >= 11 is 0. The molecule has 1 fully saturated rings. The molecule has 6 heteroatoms. The van der Waals surface area contributed by atoms with Gasteiger partial charge in [-0.3, -0.25) is 9.59 Å². The Bertz CT molecular complexity index is 770. The lowest BCUT2D eigenvalue weighted by Crippen LogP contribution is -2.34. The number of anilines is 1. The van der Waals surface area contributed by atoms with Gasteiger partial charge in [0.25, 0.3) is 11.8 Å². The van der Waals surface area contributed by atoms with Crippen molar-refractivity contribution < 1.29 is 24.1 Å². The van der Waals surface area contributed by atoms with E-state index in [2.05, 4.69) is 20.8 Å². The van der Waals surface area contributed by atoms with Gasteiger partial charge >= 0.3 is 0 Å². The van der Waals surface area contributed by atoms with E-state index in [4.69, 9.17) is 14.5 Å². The first kappa shape index (κ1) is 22.7. The second-order valence-corrected chi connectivity index (χ2v) is 8.83. The first-order valence-electron chi connectivity index (χ1n) is 10.9. The lowest BCUT2D eigenvalue weighted by molar-refractivity contribution is -0.374. The highest BCUT2D eigenvalue weighted by atomic mass is 17.2. The molecule has 1 aromatic rings. The average molecular weight is 416 g/mol. The molecule has 1 aromatic carbocycles. The van der Waals surface area contributed by atoms with Crippen molar-refractivity contribution in [3.63, 3.8) is 0 Å². The molecule has 2 amide bonds. The van der Waals surface area contributed by atoms with Gasteiger partial charge in [-0.1, -0.05) is 39.3 Å². The molecule has 0 bridgehead atoms. The van der Waals surface area contributed by atoms with Crippen molar-refractivity contribution in [3.8, 4) is 0 Å². The second kappa shape index (κ2) is 10.3. The number of carbonyl (C=O) groups is 2. The topological polar surface area (TPSA) is 65.1 Å². The molecule has 2 aliphatic rings. The van der Waals surface area contributed by atoms with Crippen molar-refractivity contribution >= 4 is 17.5 Å². The van der Waals surface area contributed by atoms with Crippen molar-refractivity contribution in [1.82, 2.24) is 0 Å². The largest absolute Gasteiger partial charge is 0.352 e. The molecule has 3 rings (SSSR count). The Morgan fingerprint density at radius 2 is 1.87 bits per heavy atom. The summed E-state index contributed by atoms with van der Waals surface area (Å²) in [5.74, 6) is 1.23. The van der Waals surface area contributed by atoms with E-state index in [-0.39, 0.29) is 24.7 Å². The second-order valence-electron chi connectivity index (χ2n) is 8.83. The summed E-state index contributed by atoms with van der Waals surface area (Å²) in [6.45, 7) is 9.00. The average Bonchev–Trinajstić information content (AvgIpc) is 2.96. The summed E-state index contributed by atoms with van der Waals surface area (Å²) in [5, 5.41) is 0. The number of ether oxygens (including phenoxy) is 1. The van der Waals surface area contributed by atoms with Gasteiger partial charge in [-0.05, 0) is 61.6 Å². The third-order valence-corrected chi connectivity index (χ3v) is 6.11. The third-order valence-electron chi connectivity index (χ3n) is 6.11. The first-order chi connectivity index (χ1) is 14.4. The molecule has 6 nitrogen and oxygen atoms in total. The van der Waals surface area contributed by atoms with E-state index in [9.17, 15) is 9.59 Å². The molecule has 0 radical (unpaired) electrons. The van der Waals surface area contributed by atoms with E-state index < -0.39 is 0 Å². The Kier molecular flexibility index (Phi) is 7.81. The van der Waals surface area contributed by atoms with Crippen LogP contribution in [0.1, 0.15) is 52.5 Å². The van der Waals surface area contributed by atoms with E-state index in [1.165, 1.54) is 23.8 Å². The Morgan fingerprint density at radius 1 is 1.13 bits per heavy atom. The summed E-state index contributed by atoms with van der Waals surface area (Å²) in [6.07, 6.45) is 5.69. The number of benzene rings is 1. The fourth-order valence-electron chi connectivity index (χ4n) is 4.27. The summed E-state index contributed by atoms with van der Waals surface area (Å²) in [4.78, 5) is 36.2. The van der Waals surface area contributed by atoms with Crippen molar-refractivity contribution in [2.75, 3.05) is 18.3 Å². The highest BCUT2D eigenvalue weighted by Gasteiger charge is 2.32. The van der Waals surface area contributed by atoms with Crippen LogP contribution in [0.4, 0.5) is 5.69 Å². The third kappa shape index (κ3) is 5.56. The van der Waals surface area contributed by atoms with Gasteiger partial charge in [0.05, 0.1) is 18.4 Å². The molecule has 1 aliphatic heterocycles. The number of carbonyl (C=O) groups excluding carboxylic acids is 2. The standard InChI is InChI=1S/C24H33NO5/c1-16(2)21-10-5-17(3)13-22(21)30-29-15-28-12-11-19-6-8-20(9-7-19)25-23(26)14-18(4)24(25)27/h6-9,14,16-17,21-22H,5,10-13,15H2,1-4H3. The predicted molar refractivity (Wildman–Crippen MR) is 115 cm³/mol. The minimum absolute atomic E-state index is 0.107. The van der Waals surface area contributed by atoms with E-state index in [0.717, 1.165) is 12.0 Å². The van der Waals surface area contributed by atoms with Crippen molar-refractivity contribution in [1.29, 1.82) is 0 Å². The Labute approximate surface area is 179 Å². The molecular weight excluding hydrogens is 382 g/mol. The van der Waals surface area contributed by atoms with E-state index in [0.29, 0.717) is 42.0 Å². The maximum Gasteiger partial charge on any atom is 0.261 e. The van der Waals surface area contributed by atoms with Crippen molar-refractivity contribution in [2.45, 2.75) is 59.5 Å². The number of amides is 2. The molecule has 1 aliphatic carbocycles. The van der Waals surface area contributed by atoms with Gasteiger partial charge in [0.15, 0.2) is 6.79 Å². The van der Waals surface area contributed by atoms with Crippen LogP contribution in [0.25, 0.3) is 0 Å². The molecule has 3 atom stereocenters. The van der Waals surface area contributed by atoms with Gasteiger partial charge in [0.1, 0.15) is 0 Å². The minimum atomic E-state index is -0.294. The lowest BCUT2D eigenvalue weighted by Gasteiger charge is -2.35. The smallest absolute Gasteiger partial charge is 0.261 e. The van der Waals surface area contributed by atoms with Crippen LogP contribution in [0.3, 0.4) is 0 Å². The lowest BCUT2D eigenvalue weighted by atomic mass is 9.75. The molecule has 3 unspecified atom stereocenters. The van der Waals surface area contributed by atoms with Crippen LogP contribution >= 0.6 is 0 Å². The number of hydrogen-bond donors (Lipinski definition) is 0. The van der Waals surface area contributed by atoms with Gasteiger partial charge in [0, 0.05) is 11.6 Å². The fourth-order valence-corrected chi connectivity index (χ4v) is 4.27. The van der Waals surface area contributed by atoms with Crippen LogP contribution in [-0.2, 0) is 30.5 Å². The zero-order valence-corrected chi connectivity index (χ0v) is 18.4. The fraction of sp³-hybridized carbons (Fsp3) is 0.583. The maximum atomic E-state index is 12.1. The quantitative estimate of drug-likeness (QED) is 0.196. The van der Waals surface area contributed by atoms with E-state index in [1.807, 2.05) is 12.1 Å². The highest BCUT2D eigenvalue weighted by molar-refractivity contribution is 6.30. The van der Waals surface area contributed by atoms with Gasteiger partial charge in [-0.15, -0.1) is 0 Å².